The van der Waals surface area contributed by atoms with Gasteiger partial charge in [-0.05, 0) is 30.7 Å². The van der Waals surface area contributed by atoms with E-state index in [2.05, 4.69) is 5.32 Å². The number of carbonyl (C=O) groups excluding carboxylic acids is 1. The van der Waals surface area contributed by atoms with E-state index in [-0.39, 0.29) is 11.4 Å². The fourth-order valence-corrected chi connectivity index (χ4v) is 2.06. The summed E-state index contributed by atoms with van der Waals surface area (Å²) in [5.41, 5.74) is -0.855. The van der Waals surface area contributed by atoms with Gasteiger partial charge >= 0.3 is 11.5 Å². The van der Waals surface area contributed by atoms with Crippen molar-refractivity contribution in [2.75, 3.05) is 0 Å². The summed E-state index contributed by atoms with van der Waals surface area (Å²) in [6.45, 7) is 1.42. The van der Waals surface area contributed by atoms with Crippen LogP contribution in [0.2, 0.25) is 10.0 Å². The number of allylic oxidation sites excluding steroid dienone is 1. The maximum absolute atomic E-state index is 12.6. The summed E-state index contributed by atoms with van der Waals surface area (Å²) in [7, 11) is 0. The third-order valence-electron chi connectivity index (χ3n) is 2.18. The van der Waals surface area contributed by atoms with Crippen molar-refractivity contribution in [2.24, 2.45) is 0 Å². The molecule has 4 nitrogen and oxygen atoms in total. The normalized spacial score (nSPS) is 12.0. The van der Waals surface area contributed by atoms with Crippen LogP contribution in [0.15, 0.2) is 23.9 Å². The summed E-state index contributed by atoms with van der Waals surface area (Å²) in [4.78, 5) is 10.6. The Balaban J connectivity index is 3.00. The second-order valence-corrected chi connectivity index (χ2v) is 5.12. The highest BCUT2D eigenvalue weighted by Gasteiger charge is 2.32. The van der Waals surface area contributed by atoms with Gasteiger partial charge in [0.05, 0.1) is 15.6 Å². The predicted octanol–water partition coefficient (Wildman–Crippen LogP) is 5.22. The van der Waals surface area contributed by atoms with Crippen LogP contribution in [0.3, 0.4) is 0 Å². The second-order valence-electron chi connectivity index (χ2n) is 3.96. The van der Waals surface area contributed by atoms with Gasteiger partial charge in [-0.1, -0.05) is 23.2 Å². The average Bonchev–Trinajstić information content (AvgIpc) is 2.30. The third-order valence-corrected chi connectivity index (χ3v) is 2.84. The number of rotatable bonds is 3. The number of hydrogen-bond donors (Lipinski definition) is 2. The van der Waals surface area contributed by atoms with Crippen LogP contribution in [0.5, 0.6) is 5.75 Å². The molecule has 0 unspecified atom stereocenters. The molecule has 22 heavy (non-hydrogen) atoms. The monoisotopic (exact) mass is 374 g/mol. The van der Waals surface area contributed by atoms with E-state index in [0.29, 0.717) is 12.1 Å². The van der Waals surface area contributed by atoms with Crippen LogP contribution in [0, 0.1) is 5.41 Å². The molecule has 120 valence electrons. The number of halogens is 6. The number of nitrogens with one attached hydrogen (secondary N) is 2. The van der Waals surface area contributed by atoms with Gasteiger partial charge in [-0.3, -0.25) is 10.2 Å². The quantitative estimate of drug-likeness (QED) is 0.329. The number of amides is 1. The molecule has 0 spiro atoms. The number of benzene rings is 1. The molecule has 0 bridgehead atoms. The van der Waals surface area contributed by atoms with Gasteiger partial charge in [0.1, 0.15) is 0 Å². The minimum atomic E-state index is -4.61. The lowest BCUT2D eigenvalue weighted by atomic mass is 10.2. The standard InChI is InChI=1S/C12H8Cl3F3N2O2/c1-5(20-11(15)21)2-9(19)22-10-7(13)3-6(4-8(10)14)12(16,17)18/h2-4,19H,1H3,(H,20,21)/b5-2-,19-9?. The molecule has 0 aliphatic heterocycles. The molecule has 10 heteroatoms. The average molecular weight is 376 g/mol. The molecule has 0 atom stereocenters. The van der Waals surface area contributed by atoms with E-state index in [1.54, 1.807) is 0 Å². The number of carbonyl (C=O) groups is 1. The van der Waals surface area contributed by atoms with Crippen molar-refractivity contribution in [2.45, 2.75) is 13.1 Å². The maximum Gasteiger partial charge on any atom is 0.416 e. The first kappa shape index (κ1) is 18.6. The molecule has 2 N–H and O–H groups in total. The van der Waals surface area contributed by atoms with Gasteiger partial charge in [0.15, 0.2) is 5.75 Å². The van der Waals surface area contributed by atoms with E-state index in [0.717, 1.165) is 6.08 Å². The van der Waals surface area contributed by atoms with E-state index in [1.165, 1.54) is 6.92 Å². The van der Waals surface area contributed by atoms with Crippen molar-refractivity contribution < 1.29 is 22.7 Å². The van der Waals surface area contributed by atoms with Crippen molar-refractivity contribution in [3.8, 4) is 5.75 Å². The predicted molar refractivity (Wildman–Crippen MR) is 78.0 cm³/mol. The van der Waals surface area contributed by atoms with E-state index < -0.39 is 33.0 Å². The number of alkyl halides is 3. The van der Waals surface area contributed by atoms with Crippen LogP contribution in [0.4, 0.5) is 18.0 Å². The van der Waals surface area contributed by atoms with Crippen LogP contribution < -0.4 is 10.1 Å². The topological polar surface area (TPSA) is 62.2 Å². The highest BCUT2D eigenvalue weighted by Crippen LogP contribution is 2.39. The molecule has 0 aliphatic rings. The molecule has 0 heterocycles. The summed E-state index contributed by atoms with van der Waals surface area (Å²) < 4.78 is 42.7. The largest absolute Gasteiger partial charge is 0.436 e. The van der Waals surface area contributed by atoms with Gasteiger partial charge in [-0.25, -0.2) is 0 Å². The van der Waals surface area contributed by atoms with Crippen molar-refractivity contribution in [3.63, 3.8) is 0 Å². The fourth-order valence-electron chi connectivity index (χ4n) is 1.35. The summed E-state index contributed by atoms with van der Waals surface area (Å²) >= 11 is 16.5. The van der Waals surface area contributed by atoms with Gasteiger partial charge < -0.3 is 10.1 Å². The number of ether oxygens (including phenoxy) is 1. The van der Waals surface area contributed by atoms with Crippen LogP contribution in [-0.2, 0) is 6.18 Å². The first-order valence-electron chi connectivity index (χ1n) is 5.48. The molecule has 0 fully saturated rings. The Morgan fingerprint density at radius 3 is 2.23 bits per heavy atom. The third kappa shape index (κ3) is 5.40. The maximum atomic E-state index is 12.6. The lowest BCUT2D eigenvalue weighted by Crippen LogP contribution is -2.16. The summed E-state index contributed by atoms with van der Waals surface area (Å²) in [5.74, 6) is -0.811. The second kappa shape index (κ2) is 7.21. The van der Waals surface area contributed by atoms with E-state index in [9.17, 15) is 18.0 Å². The Labute approximate surface area is 138 Å². The Morgan fingerprint density at radius 1 is 1.32 bits per heavy atom. The van der Waals surface area contributed by atoms with Gasteiger partial charge in [0.2, 0.25) is 5.90 Å². The Morgan fingerprint density at radius 2 is 1.82 bits per heavy atom. The molecular formula is C12H8Cl3F3N2O2. The van der Waals surface area contributed by atoms with Gasteiger partial charge in [-0.15, -0.1) is 0 Å². The van der Waals surface area contributed by atoms with Crippen LogP contribution >= 0.6 is 34.8 Å². The molecule has 0 radical (unpaired) electrons. The lowest BCUT2D eigenvalue weighted by Gasteiger charge is -2.12. The smallest absolute Gasteiger partial charge is 0.416 e. The molecule has 1 aromatic rings. The summed E-state index contributed by atoms with van der Waals surface area (Å²) in [6.07, 6.45) is -3.54. The molecular weight excluding hydrogens is 367 g/mol. The van der Waals surface area contributed by atoms with Gasteiger partial charge in [0, 0.05) is 11.8 Å². The van der Waals surface area contributed by atoms with Crippen molar-refractivity contribution in [1.82, 2.24) is 5.32 Å². The lowest BCUT2D eigenvalue weighted by molar-refractivity contribution is -0.137. The minimum Gasteiger partial charge on any atom is -0.436 e. The zero-order valence-corrected chi connectivity index (χ0v) is 13.1. The minimum absolute atomic E-state index is 0.184. The van der Waals surface area contributed by atoms with Crippen molar-refractivity contribution in [3.05, 3.63) is 39.5 Å². The first-order valence-corrected chi connectivity index (χ1v) is 6.61. The Kier molecular flexibility index (Phi) is 6.10. The molecule has 1 aromatic carbocycles. The highest BCUT2D eigenvalue weighted by atomic mass is 35.5. The SMILES string of the molecule is C/C(=C/C(=N)Oc1c(Cl)cc(C(F)(F)F)cc1Cl)NC(=O)Cl. The van der Waals surface area contributed by atoms with Crippen molar-refractivity contribution >= 4 is 46.1 Å². The van der Waals surface area contributed by atoms with E-state index in [1.807, 2.05) is 0 Å². The molecule has 1 rings (SSSR count). The van der Waals surface area contributed by atoms with Gasteiger partial charge in [0.25, 0.3) is 0 Å². The molecule has 0 saturated heterocycles. The van der Waals surface area contributed by atoms with E-state index >= 15 is 0 Å². The van der Waals surface area contributed by atoms with Gasteiger partial charge in [-0.2, -0.15) is 13.2 Å². The fraction of sp³-hybridized carbons (Fsp3) is 0.167. The molecule has 1 amide bonds. The molecule has 0 aliphatic carbocycles. The Bertz CT molecular complexity index is 622. The zero-order valence-electron chi connectivity index (χ0n) is 10.8. The van der Waals surface area contributed by atoms with E-state index in [4.69, 9.17) is 44.9 Å². The zero-order chi connectivity index (χ0) is 17.1. The highest BCUT2D eigenvalue weighted by molar-refractivity contribution is 6.63. The van der Waals surface area contributed by atoms with Crippen LogP contribution in [0.25, 0.3) is 0 Å². The number of hydrogen-bond acceptors (Lipinski definition) is 3. The first-order chi connectivity index (χ1) is 10.0. The Hall–Kier alpha value is -1.44. The molecule has 0 aromatic heterocycles. The van der Waals surface area contributed by atoms with Crippen LogP contribution in [-0.4, -0.2) is 11.3 Å². The van der Waals surface area contributed by atoms with Crippen LogP contribution in [0.1, 0.15) is 12.5 Å². The summed E-state index contributed by atoms with van der Waals surface area (Å²) in [6, 6.07) is 1.26. The molecule has 0 saturated carbocycles. The summed E-state index contributed by atoms with van der Waals surface area (Å²) in [5, 5.41) is 8.03. The van der Waals surface area contributed by atoms with Crippen molar-refractivity contribution in [1.29, 1.82) is 5.41 Å².